The molecule has 0 saturated carbocycles. The lowest BCUT2D eigenvalue weighted by Gasteiger charge is -2.35. The Balaban J connectivity index is 1.45. The molecule has 1 fully saturated rings. The summed E-state index contributed by atoms with van der Waals surface area (Å²) in [6.45, 7) is 6.69. The molecule has 1 aliphatic rings. The Morgan fingerprint density at radius 3 is 2.62 bits per heavy atom. The van der Waals surface area contributed by atoms with Gasteiger partial charge in [0, 0.05) is 56.6 Å². The van der Waals surface area contributed by atoms with Crippen LogP contribution in [0.25, 0.3) is 10.9 Å². The van der Waals surface area contributed by atoms with Crippen LogP contribution in [0.1, 0.15) is 11.4 Å². The highest BCUT2D eigenvalue weighted by Crippen LogP contribution is 2.24. The first-order chi connectivity index (χ1) is 12.7. The zero-order valence-corrected chi connectivity index (χ0v) is 15.1. The minimum Gasteiger partial charge on any atom is -0.481 e. The van der Waals surface area contributed by atoms with Gasteiger partial charge in [-0.1, -0.05) is 6.07 Å². The van der Waals surface area contributed by atoms with Gasteiger partial charge in [-0.25, -0.2) is 15.0 Å². The Morgan fingerprint density at radius 2 is 1.88 bits per heavy atom. The number of hydrogen-bond donors (Lipinski definition) is 0. The Labute approximate surface area is 152 Å². The number of hydrogen-bond acceptors (Lipinski definition) is 7. The first-order valence-corrected chi connectivity index (χ1v) is 8.77. The Kier molecular flexibility index (Phi) is 4.62. The van der Waals surface area contributed by atoms with E-state index >= 15 is 0 Å². The van der Waals surface area contributed by atoms with E-state index in [2.05, 4.69) is 30.8 Å². The van der Waals surface area contributed by atoms with Gasteiger partial charge in [0.05, 0.1) is 18.8 Å². The first-order valence-electron chi connectivity index (χ1n) is 8.77. The van der Waals surface area contributed by atoms with Crippen molar-refractivity contribution in [3.63, 3.8) is 0 Å². The summed E-state index contributed by atoms with van der Waals surface area (Å²) in [6.07, 6.45) is 5.50. The molecule has 0 atom stereocenters. The summed E-state index contributed by atoms with van der Waals surface area (Å²) in [4.78, 5) is 22.4. The second kappa shape index (κ2) is 7.21. The fourth-order valence-corrected chi connectivity index (χ4v) is 3.32. The standard InChI is InChI=1S/C19H22N6O/c1-14-22-17-12-20-6-5-16(17)19(23-14)25-9-7-24(8-10-25)13-15-3-4-18(26-2)21-11-15/h3-6,11-12H,7-10,13H2,1-2H3. The number of anilines is 1. The summed E-state index contributed by atoms with van der Waals surface area (Å²) in [6, 6.07) is 5.99. The van der Waals surface area contributed by atoms with Gasteiger partial charge in [0.25, 0.3) is 0 Å². The van der Waals surface area contributed by atoms with Crippen molar-refractivity contribution in [2.24, 2.45) is 0 Å². The molecule has 3 aromatic rings. The number of aryl methyl sites for hydroxylation is 1. The van der Waals surface area contributed by atoms with Crippen LogP contribution in [0, 0.1) is 6.92 Å². The quantitative estimate of drug-likeness (QED) is 0.713. The van der Waals surface area contributed by atoms with Crippen molar-refractivity contribution in [3.05, 3.63) is 48.2 Å². The van der Waals surface area contributed by atoms with Gasteiger partial charge in [0.1, 0.15) is 11.6 Å². The second-order valence-corrected chi connectivity index (χ2v) is 6.46. The lowest BCUT2D eigenvalue weighted by molar-refractivity contribution is 0.249. The van der Waals surface area contributed by atoms with Crippen LogP contribution in [-0.2, 0) is 6.54 Å². The fourth-order valence-electron chi connectivity index (χ4n) is 3.32. The van der Waals surface area contributed by atoms with Gasteiger partial charge in [-0.2, -0.15) is 0 Å². The molecule has 3 aromatic heterocycles. The topological polar surface area (TPSA) is 67.3 Å². The third kappa shape index (κ3) is 3.43. The molecule has 7 nitrogen and oxygen atoms in total. The molecule has 4 heterocycles. The van der Waals surface area contributed by atoms with Crippen LogP contribution in [0.2, 0.25) is 0 Å². The zero-order chi connectivity index (χ0) is 17.9. The van der Waals surface area contributed by atoms with E-state index in [4.69, 9.17) is 9.72 Å². The van der Waals surface area contributed by atoms with Gasteiger partial charge in [0.15, 0.2) is 0 Å². The van der Waals surface area contributed by atoms with E-state index in [0.29, 0.717) is 5.88 Å². The Bertz CT molecular complexity index is 890. The van der Waals surface area contributed by atoms with Gasteiger partial charge in [-0.15, -0.1) is 0 Å². The predicted octanol–water partition coefficient (Wildman–Crippen LogP) is 2.06. The van der Waals surface area contributed by atoms with Crippen LogP contribution in [0.15, 0.2) is 36.8 Å². The molecule has 1 saturated heterocycles. The number of nitrogens with zero attached hydrogens (tertiary/aromatic N) is 6. The predicted molar refractivity (Wildman–Crippen MR) is 100 cm³/mol. The van der Waals surface area contributed by atoms with Crippen molar-refractivity contribution in [3.8, 4) is 5.88 Å². The summed E-state index contributed by atoms with van der Waals surface area (Å²) in [5.74, 6) is 2.45. The van der Waals surface area contributed by atoms with E-state index < -0.39 is 0 Å². The van der Waals surface area contributed by atoms with E-state index in [-0.39, 0.29) is 0 Å². The number of aromatic nitrogens is 4. The van der Waals surface area contributed by atoms with E-state index in [1.807, 2.05) is 25.3 Å². The highest BCUT2D eigenvalue weighted by atomic mass is 16.5. The molecule has 26 heavy (non-hydrogen) atoms. The molecule has 0 N–H and O–H groups in total. The molecule has 0 spiro atoms. The van der Waals surface area contributed by atoms with Crippen molar-refractivity contribution in [2.45, 2.75) is 13.5 Å². The van der Waals surface area contributed by atoms with Crippen LogP contribution >= 0.6 is 0 Å². The number of pyridine rings is 2. The van der Waals surface area contributed by atoms with E-state index in [0.717, 1.165) is 55.3 Å². The fraction of sp³-hybridized carbons (Fsp3) is 0.368. The average molecular weight is 350 g/mol. The summed E-state index contributed by atoms with van der Waals surface area (Å²) >= 11 is 0. The van der Waals surface area contributed by atoms with Crippen molar-refractivity contribution >= 4 is 16.7 Å². The molecule has 0 radical (unpaired) electrons. The molecule has 134 valence electrons. The summed E-state index contributed by atoms with van der Waals surface area (Å²) in [5.41, 5.74) is 2.11. The summed E-state index contributed by atoms with van der Waals surface area (Å²) < 4.78 is 5.12. The smallest absolute Gasteiger partial charge is 0.212 e. The van der Waals surface area contributed by atoms with E-state index in [1.54, 1.807) is 19.5 Å². The van der Waals surface area contributed by atoms with Crippen LogP contribution in [0.3, 0.4) is 0 Å². The van der Waals surface area contributed by atoms with Crippen molar-refractivity contribution in [1.82, 2.24) is 24.8 Å². The molecule has 0 unspecified atom stereocenters. The molecule has 0 amide bonds. The Morgan fingerprint density at radius 1 is 1.04 bits per heavy atom. The summed E-state index contributed by atoms with van der Waals surface area (Å²) in [7, 11) is 1.63. The Hall–Kier alpha value is -2.80. The van der Waals surface area contributed by atoms with Gasteiger partial charge in [-0.05, 0) is 18.6 Å². The third-order valence-corrected chi connectivity index (χ3v) is 4.68. The number of rotatable bonds is 4. The van der Waals surface area contributed by atoms with Crippen molar-refractivity contribution in [2.75, 3.05) is 38.2 Å². The minimum atomic E-state index is 0.652. The minimum absolute atomic E-state index is 0.652. The molecular formula is C19H22N6O. The largest absolute Gasteiger partial charge is 0.481 e. The van der Waals surface area contributed by atoms with Crippen LogP contribution in [0.4, 0.5) is 5.82 Å². The highest BCUT2D eigenvalue weighted by Gasteiger charge is 2.20. The average Bonchev–Trinajstić information content (AvgIpc) is 2.68. The maximum atomic E-state index is 5.12. The van der Waals surface area contributed by atoms with E-state index in [1.165, 1.54) is 5.56 Å². The number of methoxy groups -OCH3 is 1. The van der Waals surface area contributed by atoms with E-state index in [9.17, 15) is 0 Å². The highest BCUT2D eigenvalue weighted by molar-refractivity contribution is 5.88. The number of piperazine rings is 1. The van der Waals surface area contributed by atoms with Gasteiger partial charge < -0.3 is 9.64 Å². The van der Waals surface area contributed by atoms with Gasteiger partial charge in [0.2, 0.25) is 5.88 Å². The van der Waals surface area contributed by atoms with Crippen LogP contribution in [0.5, 0.6) is 5.88 Å². The van der Waals surface area contributed by atoms with Crippen molar-refractivity contribution in [1.29, 1.82) is 0 Å². The molecular weight excluding hydrogens is 328 g/mol. The monoisotopic (exact) mass is 350 g/mol. The molecule has 7 heteroatoms. The van der Waals surface area contributed by atoms with Crippen LogP contribution < -0.4 is 9.64 Å². The van der Waals surface area contributed by atoms with Crippen molar-refractivity contribution < 1.29 is 4.74 Å². The molecule has 4 rings (SSSR count). The lowest BCUT2D eigenvalue weighted by atomic mass is 10.2. The third-order valence-electron chi connectivity index (χ3n) is 4.68. The summed E-state index contributed by atoms with van der Waals surface area (Å²) in [5, 5.41) is 1.07. The second-order valence-electron chi connectivity index (χ2n) is 6.46. The molecule has 0 aromatic carbocycles. The van der Waals surface area contributed by atoms with Gasteiger partial charge in [-0.3, -0.25) is 9.88 Å². The number of ether oxygens (including phenoxy) is 1. The maximum absolute atomic E-state index is 5.12. The molecule has 1 aliphatic heterocycles. The maximum Gasteiger partial charge on any atom is 0.212 e. The normalized spacial score (nSPS) is 15.4. The van der Waals surface area contributed by atoms with Crippen LogP contribution in [-0.4, -0.2) is 58.1 Å². The number of fused-ring (bicyclic) bond motifs is 1. The first kappa shape index (κ1) is 16.7. The lowest BCUT2D eigenvalue weighted by Crippen LogP contribution is -2.46. The molecule has 0 aliphatic carbocycles. The SMILES string of the molecule is COc1ccc(CN2CCN(c3nc(C)nc4cnccc34)CC2)cn1. The van der Waals surface area contributed by atoms with Gasteiger partial charge >= 0.3 is 0 Å². The zero-order valence-electron chi connectivity index (χ0n) is 15.1. The molecule has 0 bridgehead atoms.